The molecule has 38 heavy (non-hydrogen) atoms. The smallest absolute Gasteiger partial charge is 0.151 e. The number of rotatable bonds is 3. The van der Waals surface area contributed by atoms with E-state index < -0.39 is 8.07 Å². The van der Waals surface area contributed by atoms with Gasteiger partial charge in [-0.15, -0.1) is 70.4 Å². The maximum Gasteiger partial charge on any atom is 0.151 e. The van der Waals surface area contributed by atoms with Gasteiger partial charge < -0.3 is 14.4 Å². The van der Waals surface area contributed by atoms with E-state index in [1.165, 1.54) is 16.3 Å². The van der Waals surface area contributed by atoms with Crippen molar-refractivity contribution in [2.24, 2.45) is 0 Å². The third kappa shape index (κ3) is 6.19. The van der Waals surface area contributed by atoms with Crippen molar-refractivity contribution < 1.29 is 24.5 Å². The van der Waals surface area contributed by atoms with E-state index in [4.69, 9.17) is 4.42 Å². The van der Waals surface area contributed by atoms with Gasteiger partial charge in [0.25, 0.3) is 0 Å². The maximum absolute atomic E-state index is 5.86. The Morgan fingerprint density at radius 3 is 2.16 bits per heavy atom. The summed E-state index contributed by atoms with van der Waals surface area (Å²) in [6.45, 7) is 11.2. The summed E-state index contributed by atoms with van der Waals surface area (Å²) in [6, 6.07) is 33.4. The molecule has 0 fully saturated rings. The molecule has 3 aromatic heterocycles. The van der Waals surface area contributed by atoms with E-state index in [0.717, 1.165) is 44.5 Å². The Kier molecular flexibility index (Phi) is 8.42. The topological polar surface area (TPSA) is 38.9 Å². The molecule has 193 valence electrons. The standard InChI is InChI=1S/C20H18NOSi.C13H12N.Ir/c1-23(2,3)15-8-6-7-14(11-15)18-12-17-16-9-4-5-10-19(16)22-20(17)13-21-18;1-10-3-6-12(7-4-10)13-8-5-11(2)9-14-13;/h4-6,8-13H,1-3H3;3-6,8-9H,1-2H3;/q2*-1;. The Labute approximate surface area is 239 Å². The quantitative estimate of drug-likeness (QED) is 0.139. The normalized spacial score (nSPS) is 11.1. The minimum absolute atomic E-state index is 0. The van der Waals surface area contributed by atoms with Gasteiger partial charge in [0.15, 0.2) is 5.58 Å². The van der Waals surface area contributed by atoms with Crippen molar-refractivity contribution in [3.05, 3.63) is 115 Å². The summed E-state index contributed by atoms with van der Waals surface area (Å²) >= 11 is 0. The first-order chi connectivity index (χ1) is 17.8. The van der Waals surface area contributed by atoms with E-state index >= 15 is 0 Å². The van der Waals surface area contributed by atoms with Crippen molar-refractivity contribution in [2.75, 3.05) is 0 Å². The molecule has 3 heterocycles. The number of fused-ring (bicyclic) bond motifs is 3. The fourth-order valence-corrected chi connectivity index (χ4v) is 5.31. The molecular formula is C33H30IrN2OSi-2. The molecular weight excluding hydrogens is 661 g/mol. The Morgan fingerprint density at radius 2 is 1.45 bits per heavy atom. The SMILES string of the molecule is C[Si](C)(C)c1cc[c-]c(-c2cc3c(cn2)oc2ccccc23)c1.Cc1c[c-]c(-c2ccc(C)cn2)cc1.[Ir]. The zero-order chi connectivity index (χ0) is 26.0. The van der Waals surface area contributed by atoms with Crippen molar-refractivity contribution in [3.8, 4) is 22.5 Å². The molecule has 3 nitrogen and oxygen atoms in total. The molecule has 0 bridgehead atoms. The van der Waals surface area contributed by atoms with Crippen LogP contribution in [0.3, 0.4) is 0 Å². The first-order valence-electron chi connectivity index (χ1n) is 12.5. The number of hydrogen-bond acceptors (Lipinski definition) is 3. The molecule has 6 aromatic rings. The van der Waals surface area contributed by atoms with E-state index in [1.54, 1.807) is 0 Å². The molecule has 0 spiro atoms. The minimum atomic E-state index is -1.35. The number of pyridine rings is 2. The van der Waals surface area contributed by atoms with E-state index in [-0.39, 0.29) is 20.1 Å². The third-order valence-electron chi connectivity index (χ3n) is 6.36. The number of aryl methyl sites for hydroxylation is 2. The second kappa shape index (κ2) is 11.6. The molecule has 1 radical (unpaired) electrons. The van der Waals surface area contributed by atoms with E-state index in [2.05, 4.69) is 85.1 Å². The molecule has 0 aliphatic heterocycles. The Hall–Kier alpha value is -3.37. The zero-order valence-corrected chi connectivity index (χ0v) is 25.7. The van der Waals surface area contributed by atoms with Gasteiger partial charge in [-0.25, -0.2) is 0 Å². The molecule has 0 aliphatic carbocycles. The van der Waals surface area contributed by atoms with Crippen LogP contribution in [0.5, 0.6) is 0 Å². The summed E-state index contributed by atoms with van der Waals surface area (Å²) in [4.78, 5) is 8.93. The van der Waals surface area contributed by atoms with Gasteiger partial charge in [-0.2, -0.15) is 0 Å². The predicted octanol–water partition coefficient (Wildman–Crippen LogP) is 8.16. The van der Waals surface area contributed by atoms with Crippen molar-refractivity contribution in [3.63, 3.8) is 0 Å². The Balaban J connectivity index is 0.000000193. The largest absolute Gasteiger partial charge is 0.455 e. The van der Waals surface area contributed by atoms with Crippen molar-refractivity contribution in [2.45, 2.75) is 33.5 Å². The van der Waals surface area contributed by atoms with Crippen LogP contribution < -0.4 is 5.19 Å². The monoisotopic (exact) mass is 691 g/mol. The first kappa shape index (κ1) is 27.7. The molecule has 5 heteroatoms. The van der Waals surface area contributed by atoms with E-state index in [0.29, 0.717) is 0 Å². The van der Waals surface area contributed by atoms with E-state index in [1.807, 2.05) is 61.8 Å². The van der Waals surface area contributed by atoms with Crippen LogP contribution in [-0.4, -0.2) is 18.0 Å². The molecule has 0 atom stereocenters. The van der Waals surface area contributed by atoms with Crippen LogP contribution in [-0.2, 0) is 20.1 Å². The molecule has 0 saturated heterocycles. The van der Waals surface area contributed by atoms with Gasteiger partial charge in [0.2, 0.25) is 0 Å². The summed E-state index contributed by atoms with van der Waals surface area (Å²) in [5, 5.41) is 3.66. The average molecular weight is 691 g/mol. The molecule has 0 amide bonds. The van der Waals surface area contributed by atoms with Crippen LogP contribution >= 0.6 is 0 Å². The van der Waals surface area contributed by atoms with Gasteiger partial charge in [-0.3, -0.25) is 0 Å². The first-order valence-corrected chi connectivity index (χ1v) is 16.0. The molecule has 3 aromatic carbocycles. The summed E-state index contributed by atoms with van der Waals surface area (Å²) in [5.41, 5.74) is 8.17. The number of hydrogen-bond donors (Lipinski definition) is 0. The second-order valence-electron chi connectivity index (χ2n) is 10.4. The average Bonchev–Trinajstić information content (AvgIpc) is 3.28. The minimum Gasteiger partial charge on any atom is -0.455 e. The number of aromatic nitrogens is 2. The van der Waals surface area contributed by atoms with Gasteiger partial charge in [-0.05, 0) is 29.9 Å². The predicted molar refractivity (Wildman–Crippen MR) is 157 cm³/mol. The summed E-state index contributed by atoms with van der Waals surface area (Å²) in [7, 11) is -1.35. The molecule has 0 saturated carbocycles. The zero-order valence-electron chi connectivity index (χ0n) is 22.3. The fourth-order valence-electron chi connectivity index (χ4n) is 4.15. The molecule has 0 unspecified atom stereocenters. The van der Waals surface area contributed by atoms with Crippen LogP contribution in [0.2, 0.25) is 19.6 Å². The third-order valence-corrected chi connectivity index (χ3v) is 8.41. The van der Waals surface area contributed by atoms with Crippen molar-refractivity contribution in [1.82, 2.24) is 9.97 Å². The van der Waals surface area contributed by atoms with Gasteiger partial charge in [0, 0.05) is 37.1 Å². The molecule has 0 N–H and O–H groups in total. The fraction of sp³-hybridized carbons (Fsp3) is 0.152. The molecule has 6 rings (SSSR count). The maximum atomic E-state index is 5.86. The van der Waals surface area contributed by atoms with E-state index in [9.17, 15) is 0 Å². The number of nitrogens with zero attached hydrogens (tertiary/aromatic N) is 2. The summed E-state index contributed by atoms with van der Waals surface area (Å²) in [6.07, 6.45) is 3.70. The second-order valence-corrected chi connectivity index (χ2v) is 15.5. The van der Waals surface area contributed by atoms with Gasteiger partial charge >= 0.3 is 0 Å². The molecule has 0 aliphatic rings. The van der Waals surface area contributed by atoms with Crippen LogP contribution in [0.25, 0.3) is 44.5 Å². The van der Waals surface area contributed by atoms with Gasteiger partial charge in [0.05, 0.1) is 14.3 Å². The van der Waals surface area contributed by atoms with Crippen LogP contribution in [0, 0.1) is 26.0 Å². The van der Waals surface area contributed by atoms with Crippen LogP contribution in [0.1, 0.15) is 11.1 Å². The van der Waals surface area contributed by atoms with Gasteiger partial charge in [-0.1, -0.05) is 63.0 Å². The Bertz CT molecular complexity index is 1620. The Morgan fingerprint density at radius 1 is 0.684 bits per heavy atom. The number of benzene rings is 3. The number of furan rings is 1. The van der Waals surface area contributed by atoms with Crippen molar-refractivity contribution in [1.29, 1.82) is 0 Å². The van der Waals surface area contributed by atoms with Crippen LogP contribution in [0.15, 0.2) is 95.7 Å². The van der Waals surface area contributed by atoms with Crippen molar-refractivity contribution >= 4 is 35.2 Å². The van der Waals surface area contributed by atoms with Crippen LogP contribution in [0.4, 0.5) is 0 Å². The van der Waals surface area contributed by atoms with Gasteiger partial charge in [0.1, 0.15) is 5.58 Å². The summed E-state index contributed by atoms with van der Waals surface area (Å²) < 4.78 is 5.86. The summed E-state index contributed by atoms with van der Waals surface area (Å²) in [5.74, 6) is 0. The number of para-hydroxylation sites is 1.